The first-order chi connectivity index (χ1) is 18.6. The first kappa shape index (κ1) is 30.4. The molecule has 39 heavy (non-hydrogen) atoms. The van der Waals surface area contributed by atoms with Crippen LogP contribution in [0, 0.1) is 5.82 Å². The van der Waals surface area contributed by atoms with Crippen molar-refractivity contribution in [2.45, 2.75) is 77.4 Å². The molecular weight excluding hydrogens is 521 g/mol. The van der Waals surface area contributed by atoms with Gasteiger partial charge in [-0.05, 0) is 74.6 Å². The van der Waals surface area contributed by atoms with Crippen LogP contribution < -0.4 is 14.4 Å². The van der Waals surface area contributed by atoms with Crippen molar-refractivity contribution in [3.05, 3.63) is 59.9 Å². The lowest BCUT2D eigenvalue weighted by molar-refractivity contribution is -0.141. The van der Waals surface area contributed by atoms with Crippen molar-refractivity contribution in [2.24, 2.45) is 0 Å². The molecule has 2 amide bonds. The Balaban J connectivity index is 1.73. The van der Waals surface area contributed by atoms with Gasteiger partial charge in [0.1, 0.15) is 17.6 Å². The van der Waals surface area contributed by atoms with Crippen LogP contribution in [0.4, 0.5) is 10.1 Å². The van der Waals surface area contributed by atoms with Crippen LogP contribution >= 0.6 is 0 Å². The molecule has 0 radical (unpaired) electrons. The van der Waals surface area contributed by atoms with Crippen LogP contribution in [0.3, 0.4) is 0 Å². The molecule has 0 spiro atoms. The third kappa shape index (κ3) is 8.95. The molecule has 3 rings (SSSR count). The highest BCUT2D eigenvalue weighted by Gasteiger charge is 2.30. The Bertz CT molecular complexity index is 1180. The molecule has 0 bridgehead atoms. The van der Waals surface area contributed by atoms with Crippen molar-refractivity contribution >= 4 is 27.5 Å². The molecule has 0 aromatic heterocycles. The number of anilines is 1. The smallest absolute Gasteiger partial charge is 0.243 e. The van der Waals surface area contributed by atoms with E-state index in [0.29, 0.717) is 30.0 Å². The molecule has 8 nitrogen and oxygen atoms in total. The summed E-state index contributed by atoms with van der Waals surface area (Å²) in [5.41, 5.74) is 1.20. The van der Waals surface area contributed by atoms with Gasteiger partial charge in [0.25, 0.3) is 0 Å². The van der Waals surface area contributed by atoms with Gasteiger partial charge in [0, 0.05) is 25.6 Å². The number of hydrogen-bond donors (Lipinski definition) is 1. The normalized spacial score (nSPS) is 14.6. The third-order valence-electron chi connectivity index (χ3n) is 6.94. The van der Waals surface area contributed by atoms with E-state index in [-0.39, 0.29) is 49.6 Å². The van der Waals surface area contributed by atoms with E-state index in [2.05, 4.69) is 5.32 Å². The van der Waals surface area contributed by atoms with Gasteiger partial charge < -0.3 is 15.0 Å². The second-order valence-corrected chi connectivity index (χ2v) is 11.8. The van der Waals surface area contributed by atoms with E-state index < -0.39 is 16.1 Å². The Kier molecular flexibility index (Phi) is 11.2. The molecule has 1 aliphatic rings. The highest BCUT2D eigenvalue weighted by Crippen LogP contribution is 2.23. The molecule has 0 saturated heterocycles. The second kappa shape index (κ2) is 14.3. The largest absolute Gasteiger partial charge is 0.494 e. The Hall–Kier alpha value is -3.14. The minimum Gasteiger partial charge on any atom is -0.494 e. The number of carbonyl (C=O) groups is 2. The maximum absolute atomic E-state index is 13.5. The van der Waals surface area contributed by atoms with Gasteiger partial charge >= 0.3 is 0 Å². The Morgan fingerprint density at radius 3 is 2.26 bits per heavy atom. The van der Waals surface area contributed by atoms with E-state index in [4.69, 9.17) is 4.74 Å². The molecular formula is C29H40FN3O5S. The van der Waals surface area contributed by atoms with Crippen molar-refractivity contribution in [2.75, 3.05) is 23.7 Å². The van der Waals surface area contributed by atoms with Crippen LogP contribution in [-0.2, 0) is 26.2 Å². The summed E-state index contributed by atoms with van der Waals surface area (Å²) >= 11 is 0. The summed E-state index contributed by atoms with van der Waals surface area (Å²) in [6.45, 7) is 4.50. The zero-order chi connectivity index (χ0) is 28.4. The van der Waals surface area contributed by atoms with Gasteiger partial charge in [0.2, 0.25) is 21.8 Å². The van der Waals surface area contributed by atoms with Crippen molar-refractivity contribution in [1.82, 2.24) is 10.2 Å². The van der Waals surface area contributed by atoms with Gasteiger partial charge in [0.15, 0.2) is 0 Å². The molecule has 0 aliphatic heterocycles. The minimum atomic E-state index is -3.59. The number of ether oxygens (including phenoxy) is 1. The number of benzene rings is 2. The average Bonchev–Trinajstić information content (AvgIpc) is 3.40. The fraction of sp³-hybridized carbons (Fsp3) is 0.517. The number of nitrogens with one attached hydrogen (secondary N) is 1. The van der Waals surface area contributed by atoms with Crippen LogP contribution in [0.25, 0.3) is 0 Å². The van der Waals surface area contributed by atoms with Crippen LogP contribution in [0.1, 0.15) is 64.4 Å². The van der Waals surface area contributed by atoms with Crippen LogP contribution in [-0.4, -0.2) is 56.6 Å². The molecule has 214 valence electrons. The highest BCUT2D eigenvalue weighted by molar-refractivity contribution is 7.92. The number of halogens is 1. The van der Waals surface area contributed by atoms with Crippen molar-refractivity contribution in [3.63, 3.8) is 0 Å². The molecule has 1 unspecified atom stereocenters. The number of amides is 2. The van der Waals surface area contributed by atoms with Crippen molar-refractivity contribution in [1.29, 1.82) is 0 Å². The average molecular weight is 562 g/mol. The zero-order valence-corrected chi connectivity index (χ0v) is 23.9. The summed E-state index contributed by atoms with van der Waals surface area (Å²) in [5.74, 6) is -0.180. The summed E-state index contributed by atoms with van der Waals surface area (Å²) in [5, 5.41) is 3.10. The SMILES string of the molecule is CCOc1ccc(N(CCCC(=O)N(Cc2ccc(F)cc2)C(CC)C(=O)NC2CCCC2)S(C)(=O)=O)cc1. The van der Waals surface area contributed by atoms with E-state index >= 15 is 0 Å². The van der Waals surface area contributed by atoms with Gasteiger partial charge in [-0.2, -0.15) is 0 Å². The number of hydrogen-bond acceptors (Lipinski definition) is 5. The molecule has 1 fully saturated rings. The number of rotatable bonds is 14. The first-order valence-corrected chi connectivity index (χ1v) is 15.5. The fourth-order valence-electron chi connectivity index (χ4n) is 4.95. The Morgan fingerprint density at radius 2 is 1.69 bits per heavy atom. The summed E-state index contributed by atoms with van der Waals surface area (Å²) in [4.78, 5) is 28.3. The fourth-order valence-corrected chi connectivity index (χ4v) is 5.92. The summed E-state index contributed by atoms with van der Waals surface area (Å²) in [6, 6.07) is 12.1. The lowest BCUT2D eigenvalue weighted by Crippen LogP contribution is -2.51. The highest BCUT2D eigenvalue weighted by atomic mass is 32.2. The van der Waals surface area contributed by atoms with Gasteiger partial charge in [-0.1, -0.05) is 31.9 Å². The van der Waals surface area contributed by atoms with E-state index in [9.17, 15) is 22.4 Å². The molecule has 1 saturated carbocycles. The zero-order valence-electron chi connectivity index (χ0n) is 23.1. The lowest BCUT2D eigenvalue weighted by Gasteiger charge is -2.32. The van der Waals surface area contributed by atoms with E-state index in [1.54, 1.807) is 41.3 Å². The van der Waals surface area contributed by atoms with E-state index in [1.807, 2.05) is 13.8 Å². The number of sulfonamides is 1. The molecule has 1 aliphatic carbocycles. The van der Waals surface area contributed by atoms with Crippen LogP contribution in [0.2, 0.25) is 0 Å². The van der Waals surface area contributed by atoms with Crippen LogP contribution in [0.5, 0.6) is 5.75 Å². The maximum atomic E-state index is 13.5. The molecule has 2 aromatic carbocycles. The third-order valence-corrected chi connectivity index (χ3v) is 8.14. The maximum Gasteiger partial charge on any atom is 0.243 e. The molecule has 10 heteroatoms. The second-order valence-electron chi connectivity index (χ2n) is 9.93. The van der Waals surface area contributed by atoms with Gasteiger partial charge in [-0.15, -0.1) is 0 Å². The lowest BCUT2D eigenvalue weighted by atomic mass is 10.1. The molecule has 2 aromatic rings. The standard InChI is InChI=1S/C29H40FN3O5S/c1-4-27(29(35)31-24-9-6-7-10-24)32(21-22-12-14-23(30)15-13-22)28(34)11-8-20-33(39(3,36)37)25-16-18-26(19-17-25)38-5-2/h12-19,24,27H,4-11,20-21H2,1-3H3,(H,31,35). The molecule has 1 N–H and O–H groups in total. The van der Waals surface area contributed by atoms with E-state index in [1.165, 1.54) is 16.4 Å². The number of carbonyl (C=O) groups excluding carboxylic acids is 2. The topological polar surface area (TPSA) is 96.0 Å². The van der Waals surface area contributed by atoms with Crippen molar-refractivity contribution < 1.29 is 27.1 Å². The van der Waals surface area contributed by atoms with Crippen LogP contribution in [0.15, 0.2) is 48.5 Å². The summed E-state index contributed by atoms with van der Waals surface area (Å²) < 4.78 is 45.3. The minimum absolute atomic E-state index is 0.0530. The van der Waals surface area contributed by atoms with Gasteiger partial charge in [0.05, 0.1) is 18.6 Å². The predicted molar refractivity (Wildman–Crippen MR) is 150 cm³/mol. The monoisotopic (exact) mass is 561 g/mol. The van der Waals surface area contributed by atoms with Crippen molar-refractivity contribution in [3.8, 4) is 5.75 Å². The number of nitrogens with zero attached hydrogens (tertiary/aromatic N) is 2. The summed E-state index contributed by atoms with van der Waals surface area (Å²) in [7, 11) is -3.59. The summed E-state index contributed by atoms with van der Waals surface area (Å²) in [6.07, 6.45) is 5.88. The van der Waals surface area contributed by atoms with Gasteiger partial charge in [-0.25, -0.2) is 12.8 Å². The van der Waals surface area contributed by atoms with Gasteiger partial charge in [-0.3, -0.25) is 13.9 Å². The molecule has 1 atom stereocenters. The molecule has 0 heterocycles. The van der Waals surface area contributed by atoms with E-state index in [0.717, 1.165) is 31.9 Å². The first-order valence-electron chi connectivity index (χ1n) is 13.7. The Morgan fingerprint density at radius 1 is 1.05 bits per heavy atom. The quantitative estimate of drug-likeness (QED) is 0.363. The Labute approximate surface area is 231 Å². The predicted octanol–water partition coefficient (Wildman–Crippen LogP) is 4.64.